The lowest BCUT2D eigenvalue weighted by Gasteiger charge is -1.91. The first kappa shape index (κ1) is 4.39. The number of nitrogens with zero attached hydrogens (tertiary/aromatic N) is 1. The predicted molar refractivity (Wildman–Crippen MR) is 36.7 cm³/mol. The van der Waals surface area contributed by atoms with Crippen LogP contribution in [0.5, 0.6) is 0 Å². The van der Waals surface area contributed by atoms with E-state index in [0.29, 0.717) is 4.60 Å². The summed E-state index contributed by atoms with van der Waals surface area (Å²) < 4.78 is 26.4. The van der Waals surface area contributed by atoms with E-state index in [0.717, 1.165) is 0 Å². The van der Waals surface area contributed by atoms with Gasteiger partial charge in [-0.25, -0.2) is 9.37 Å². The highest BCUT2D eigenvalue weighted by molar-refractivity contribution is 9.10. The lowest BCUT2D eigenvalue weighted by molar-refractivity contribution is 0.475. The van der Waals surface area contributed by atoms with Crippen LogP contribution in [-0.2, 0) is 6.63 Å². The molecule has 0 aliphatic heterocycles. The Morgan fingerprint density at radius 2 is 2.56 bits per heavy atom. The van der Waals surface area contributed by atoms with Crippen molar-refractivity contribution in [3.63, 3.8) is 0 Å². The van der Waals surface area contributed by atoms with E-state index in [4.69, 9.17) is 2.74 Å². The van der Waals surface area contributed by atoms with Crippen LogP contribution in [0.4, 0.5) is 4.39 Å². The number of alkyl halides is 1. The van der Waals surface area contributed by atoms with E-state index in [1.807, 2.05) is 0 Å². The molecular formula is C6H5BrFN. The van der Waals surface area contributed by atoms with Crippen molar-refractivity contribution < 1.29 is 7.13 Å². The molecule has 0 fully saturated rings. The summed E-state index contributed by atoms with van der Waals surface area (Å²) in [5.41, 5.74) is -0.216. The molecule has 0 radical (unpaired) electrons. The van der Waals surface area contributed by atoms with E-state index in [9.17, 15) is 4.39 Å². The largest absolute Gasteiger partial charge is 0.244 e. The van der Waals surface area contributed by atoms with Crippen molar-refractivity contribution in [3.05, 3.63) is 28.5 Å². The summed E-state index contributed by atoms with van der Waals surface area (Å²) in [7, 11) is 0. The molecule has 0 saturated heterocycles. The highest BCUT2D eigenvalue weighted by Crippen LogP contribution is 2.06. The second-order valence-electron chi connectivity index (χ2n) is 1.44. The lowest BCUT2D eigenvalue weighted by Crippen LogP contribution is -1.83. The van der Waals surface area contributed by atoms with Gasteiger partial charge >= 0.3 is 0 Å². The van der Waals surface area contributed by atoms with Crippen LogP contribution in [-0.4, -0.2) is 4.98 Å². The summed E-state index contributed by atoms with van der Waals surface area (Å²) in [6.07, 6.45) is 0. The smallest absolute Gasteiger partial charge is 0.131 e. The molecule has 1 aromatic rings. The highest BCUT2D eigenvalue weighted by atomic mass is 79.9. The lowest BCUT2D eigenvalue weighted by atomic mass is 10.4. The standard InChI is InChI=1S/C6H5BrFN/c7-6-3-1-2-5(4-8)9-6/h1-3H,4H2/i4D2. The Hall–Kier alpha value is -0.440. The minimum Gasteiger partial charge on any atom is -0.244 e. The molecule has 1 rings (SSSR count). The normalized spacial score (nSPS) is 14.4. The maximum absolute atomic E-state index is 12.6. The van der Waals surface area contributed by atoms with Crippen molar-refractivity contribution in [2.24, 2.45) is 0 Å². The number of halogens is 2. The molecule has 1 heterocycles. The molecule has 0 amide bonds. The Balaban J connectivity index is 3.06. The molecule has 48 valence electrons. The maximum Gasteiger partial charge on any atom is 0.131 e. The van der Waals surface area contributed by atoms with Gasteiger partial charge in [-0.2, -0.15) is 0 Å². The molecule has 1 aromatic heterocycles. The summed E-state index contributed by atoms with van der Waals surface area (Å²) in [5, 5.41) is 0. The first-order chi connectivity index (χ1) is 5.00. The Kier molecular flexibility index (Phi) is 1.42. The number of pyridine rings is 1. The number of hydrogen-bond acceptors (Lipinski definition) is 1. The Morgan fingerprint density at radius 3 is 3.00 bits per heavy atom. The molecular weight excluding hydrogens is 185 g/mol. The van der Waals surface area contributed by atoms with E-state index in [-0.39, 0.29) is 5.69 Å². The molecule has 1 nitrogen and oxygen atoms in total. The van der Waals surface area contributed by atoms with Crippen LogP contribution < -0.4 is 0 Å². The van der Waals surface area contributed by atoms with Gasteiger partial charge in [0.25, 0.3) is 0 Å². The molecule has 0 saturated carbocycles. The molecule has 0 unspecified atom stereocenters. The summed E-state index contributed by atoms with van der Waals surface area (Å²) in [5.74, 6) is 0. The van der Waals surface area contributed by atoms with Crippen LogP contribution in [0.3, 0.4) is 0 Å². The average molecular weight is 192 g/mol. The number of rotatable bonds is 1. The van der Waals surface area contributed by atoms with Gasteiger partial charge in [-0.3, -0.25) is 0 Å². The van der Waals surface area contributed by atoms with Crippen LogP contribution in [0.1, 0.15) is 8.44 Å². The van der Waals surface area contributed by atoms with Gasteiger partial charge in [0.2, 0.25) is 0 Å². The van der Waals surface area contributed by atoms with Crippen molar-refractivity contribution >= 4 is 15.9 Å². The summed E-state index contributed by atoms with van der Waals surface area (Å²) in [6.45, 7) is -2.86. The molecule has 0 aliphatic carbocycles. The molecule has 3 heteroatoms. The Labute approximate surface area is 63.9 Å². The SMILES string of the molecule is [2H]C([2H])(F)c1cccc(Br)n1. The van der Waals surface area contributed by atoms with Crippen molar-refractivity contribution in [2.75, 3.05) is 0 Å². The first-order valence-electron chi connectivity index (χ1n) is 3.32. The van der Waals surface area contributed by atoms with Crippen LogP contribution >= 0.6 is 15.9 Å². The Morgan fingerprint density at radius 1 is 1.78 bits per heavy atom. The van der Waals surface area contributed by atoms with E-state index in [1.54, 1.807) is 6.07 Å². The number of aromatic nitrogens is 1. The van der Waals surface area contributed by atoms with Gasteiger partial charge in [-0.15, -0.1) is 0 Å². The highest BCUT2D eigenvalue weighted by Gasteiger charge is 1.91. The van der Waals surface area contributed by atoms with E-state index in [1.165, 1.54) is 12.1 Å². The van der Waals surface area contributed by atoms with Crippen molar-refractivity contribution in [3.8, 4) is 0 Å². The fraction of sp³-hybridized carbons (Fsp3) is 0.167. The third kappa shape index (κ3) is 1.75. The minimum atomic E-state index is -2.86. The molecule has 0 spiro atoms. The van der Waals surface area contributed by atoms with Gasteiger partial charge in [0.1, 0.15) is 11.2 Å². The third-order valence-electron chi connectivity index (χ3n) is 0.812. The average Bonchev–Trinajstić information content (AvgIpc) is 1.86. The van der Waals surface area contributed by atoms with E-state index >= 15 is 0 Å². The first-order valence-corrected chi connectivity index (χ1v) is 3.11. The van der Waals surface area contributed by atoms with Gasteiger partial charge in [-0.1, -0.05) is 6.07 Å². The molecule has 0 atom stereocenters. The van der Waals surface area contributed by atoms with Crippen LogP contribution in [0.2, 0.25) is 0 Å². The van der Waals surface area contributed by atoms with Crippen molar-refractivity contribution in [1.29, 1.82) is 0 Å². The zero-order valence-corrected chi connectivity index (χ0v) is 6.02. The second-order valence-corrected chi connectivity index (χ2v) is 2.25. The van der Waals surface area contributed by atoms with Crippen molar-refractivity contribution in [1.82, 2.24) is 4.98 Å². The number of hydrogen-bond donors (Lipinski definition) is 0. The molecule has 0 aliphatic rings. The molecule has 9 heavy (non-hydrogen) atoms. The predicted octanol–water partition coefficient (Wildman–Crippen LogP) is 2.31. The minimum absolute atomic E-state index is 0.216. The van der Waals surface area contributed by atoms with Gasteiger partial charge in [0, 0.05) is 0 Å². The fourth-order valence-electron chi connectivity index (χ4n) is 0.461. The van der Waals surface area contributed by atoms with Crippen molar-refractivity contribution in [2.45, 2.75) is 6.63 Å². The van der Waals surface area contributed by atoms with Crippen LogP contribution in [0.25, 0.3) is 0 Å². The zero-order valence-electron chi connectivity index (χ0n) is 6.44. The third-order valence-corrected chi connectivity index (χ3v) is 1.25. The summed E-state index contributed by atoms with van der Waals surface area (Å²) >= 11 is 3.01. The fourth-order valence-corrected chi connectivity index (χ4v) is 0.805. The van der Waals surface area contributed by atoms with Gasteiger partial charge in [-0.05, 0) is 28.1 Å². The van der Waals surface area contributed by atoms with Crippen LogP contribution in [0.15, 0.2) is 22.8 Å². The van der Waals surface area contributed by atoms with Gasteiger partial charge in [0.15, 0.2) is 0 Å². The van der Waals surface area contributed by atoms with Gasteiger partial charge in [0.05, 0.1) is 8.44 Å². The quantitative estimate of drug-likeness (QED) is 0.622. The van der Waals surface area contributed by atoms with E-state index < -0.39 is 6.63 Å². The molecule has 0 aromatic carbocycles. The topological polar surface area (TPSA) is 12.9 Å². The maximum atomic E-state index is 12.6. The van der Waals surface area contributed by atoms with E-state index in [2.05, 4.69) is 20.9 Å². The monoisotopic (exact) mass is 191 g/mol. The molecule has 0 N–H and O–H groups in total. The van der Waals surface area contributed by atoms with Crippen LogP contribution in [0, 0.1) is 0 Å². The Bertz CT molecular complexity index is 261. The zero-order chi connectivity index (χ0) is 8.48. The second kappa shape index (κ2) is 2.92. The summed E-state index contributed by atoms with van der Waals surface area (Å²) in [6, 6.07) is 4.43. The molecule has 0 bridgehead atoms. The summed E-state index contributed by atoms with van der Waals surface area (Å²) in [4.78, 5) is 3.61. The van der Waals surface area contributed by atoms with Gasteiger partial charge < -0.3 is 0 Å².